The number of aryl methyl sites for hydroxylation is 1. The summed E-state index contributed by atoms with van der Waals surface area (Å²) in [6, 6.07) is 3.28. The Balaban J connectivity index is 2.40. The maximum atomic E-state index is 12.5. The van der Waals surface area contributed by atoms with E-state index in [9.17, 15) is 8.42 Å². The molecule has 1 aromatic carbocycles. The third-order valence-corrected chi connectivity index (χ3v) is 5.30. The van der Waals surface area contributed by atoms with Crippen molar-refractivity contribution in [3.8, 4) is 0 Å². The molecule has 1 heterocycles. The fraction of sp³-hybridized carbons (Fsp3) is 0.538. The lowest BCUT2D eigenvalue weighted by molar-refractivity contribution is 0.178. The summed E-state index contributed by atoms with van der Waals surface area (Å²) in [7, 11) is -3.59. The van der Waals surface area contributed by atoms with Crippen molar-refractivity contribution in [3.05, 3.63) is 23.3 Å². The zero-order valence-corrected chi connectivity index (χ0v) is 12.3. The molecule has 19 heavy (non-hydrogen) atoms. The molecule has 0 radical (unpaired) electrons. The Bertz CT molecular complexity index is 590. The highest BCUT2D eigenvalue weighted by Crippen LogP contribution is 2.26. The molecule has 0 bridgehead atoms. The monoisotopic (exact) mass is 284 g/mol. The zero-order valence-electron chi connectivity index (χ0n) is 11.5. The second kappa shape index (κ2) is 4.77. The first-order valence-corrected chi connectivity index (χ1v) is 7.70. The molecule has 6 heteroatoms. The van der Waals surface area contributed by atoms with Crippen LogP contribution in [0.2, 0.25) is 0 Å². The minimum Gasteiger partial charge on any atom is -0.399 e. The summed E-state index contributed by atoms with van der Waals surface area (Å²) in [5.41, 5.74) is 7.26. The van der Waals surface area contributed by atoms with Crippen LogP contribution in [0.1, 0.15) is 24.5 Å². The lowest BCUT2D eigenvalue weighted by Gasteiger charge is -2.24. The summed E-state index contributed by atoms with van der Waals surface area (Å²) in [5.74, 6) is 0. The van der Waals surface area contributed by atoms with Gasteiger partial charge in [0, 0.05) is 12.3 Å². The van der Waals surface area contributed by atoms with Gasteiger partial charge in [0.2, 0.25) is 10.0 Å². The van der Waals surface area contributed by atoms with Crippen molar-refractivity contribution < 1.29 is 13.2 Å². The van der Waals surface area contributed by atoms with Crippen molar-refractivity contribution in [2.75, 3.05) is 18.9 Å². The summed E-state index contributed by atoms with van der Waals surface area (Å²) in [4.78, 5) is 0.248. The van der Waals surface area contributed by atoms with Crippen LogP contribution >= 0.6 is 0 Å². The second-order valence-corrected chi connectivity index (χ2v) is 7.08. The molecular weight excluding hydrogens is 264 g/mol. The average Bonchev–Trinajstić information content (AvgIpc) is 2.68. The molecule has 1 aliphatic heterocycles. The van der Waals surface area contributed by atoms with Crippen LogP contribution in [0, 0.1) is 13.8 Å². The van der Waals surface area contributed by atoms with Gasteiger partial charge >= 0.3 is 0 Å². The van der Waals surface area contributed by atoms with Gasteiger partial charge in [0.05, 0.1) is 17.0 Å². The predicted molar refractivity (Wildman–Crippen MR) is 74.5 cm³/mol. The summed E-state index contributed by atoms with van der Waals surface area (Å²) < 4.78 is 33.0. The molecule has 106 valence electrons. The fourth-order valence-corrected chi connectivity index (χ4v) is 4.03. The van der Waals surface area contributed by atoms with Gasteiger partial charge in [-0.15, -0.1) is 0 Å². The highest BCUT2D eigenvalue weighted by molar-refractivity contribution is 7.89. The number of nitrogen functional groups attached to an aromatic ring is 1. The molecule has 5 nitrogen and oxygen atoms in total. The molecule has 0 amide bonds. The predicted octanol–water partition coefficient (Wildman–Crippen LogP) is 1.34. The van der Waals surface area contributed by atoms with Crippen LogP contribution < -0.4 is 10.5 Å². The SMILES string of the molecule is Cc1cc(N)cc(S(=O)(=O)NC2(C)CCOC2)c1C. The normalized spacial score (nSPS) is 23.7. The first-order chi connectivity index (χ1) is 8.73. The van der Waals surface area contributed by atoms with E-state index in [2.05, 4.69) is 4.72 Å². The van der Waals surface area contributed by atoms with Crippen molar-refractivity contribution in [2.45, 2.75) is 37.6 Å². The Kier molecular flexibility index (Phi) is 3.59. The fourth-order valence-electron chi connectivity index (χ4n) is 2.26. The molecular formula is C13H20N2O3S. The lowest BCUT2D eigenvalue weighted by atomic mass is 10.0. The molecule has 0 aliphatic carbocycles. The van der Waals surface area contributed by atoms with Crippen molar-refractivity contribution in [1.82, 2.24) is 4.72 Å². The van der Waals surface area contributed by atoms with Crippen LogP contribution in [0.5, 0.6) is 0 Å². The Morgan fingerprint density at radius 2 is 2.05 bits per heavy atom. The molecule has 1 fully saturated rings. The Hall–Kier alpha value is -1.11. The number of ether oxygens (including phenoxy) is 1. The number of rotatable bonds is 3. The molecule has 1 aliphatic rings. The maximum absolute atomic E-state index is 12.5. The lowest BCUT2D eigenvalue weighted by Crippen LogP contribution is -2.46. The van der Waals surface area contributed by atoms with Gasteiger partial charge < -0.3 is 10.5 Å². The number of hydrogen-bond acceptors (Lipinski definition) is 4. The molecule has 2 rings (SSSR count). The molecule has 1 unspecified atom stereocenters. The van der Waals surface area contributed by atoms with E-state index in [0.29, 0.717) is 25.3 Å². The van der Waals surface area contributed by atoms with Gasteiger partial charge in [-0.25, -0.2) is 13.1 Å². The Morgan fingerprint density at radius 1 is 1.37 bits per heavy atom. The number of benzene rings is 1. The van der Waals surface area contributed by atoms with E-state index in [-0.39, 0.29) is 4.90 Å². The van der Waals surface area contributed by atoms with Crippen LogP contribution in [0.15, 0.2) is 17.0 Å². The van der Waals surface area contributed by atoms with Crippen molar-refractivity contribution in [3.63, 3.8) is 0 Å². The molecule has 0 spiro atoms. The standard InChI is InChI=1S/C13H20N2O3S/c1-9-6-11(14)7-12(10(9)2)19(16,17)15-13(3)4-5-18-8-13/h6-7,15H,4-5,8,14H2,1-3H3. The van der Waals surface area contributed by atoms with Gasteiger partial charge in [-0.3, -0.25) is 0 Å². The molecule has 1 saturated heterocycles. The summed E-state index contributed by atoms with van der Waals surface area (Å²) in [6.07, 6.45) is 0.673. The largest absolute Gasteiger partial charge is 0.399 e. The Morgan fingerprint density at radius 3 is 2.63 bits per heavy atom. The van der Waals surface area contributed by atoms with Crippen LogP contribution in [0.3, 0.4) is 0 Å². The molecule has 0 saturated carbocycles. The van der Waals surface area contributed by atoms with Gasteiger partial charge in [-0.1, -0.05) is 0 Å². The van der Waals surface area contributed by atoms with E-state index in [1.165, 1.54) is 6.07 Å². The number of nitrogens with two attached hydrogens (primary N) is 1. The molecule has 1 aromatic rings. The van der Waals surface area contributed by atoms with Crippen molar-refractivity contribution in [1.29, 1.82) is 0 Å². The van der Waals surface area contributed by atoms with Crippen LogP contribution in [-0.2, 0) is 14.8 Å². The highest BCUT2D eigenvalue weighted by Gasteiger charge is 2.35. The van der Waals surface area contributed by atoms with E-state index in [1.807, 2.05) is 13.8 Å². The first-order valence-electron chi connectivity index (χ1n) is 6.22. The van der Waals surface area contributed by atoms with E-state index in [4.69, 9.17) is 10.5 Å². The van der Waals surface area contributed by atoms with Crippen molar-refractivity contribution in [2.24, 2.45) is 0 Å². The minimum absolute atomic E-state index is 0.248. The van der Waals surface area contributed by atoms with Gasteiger partial charge in [0.25, 0.3) is 0 Å². The summed E-state index contributed by atoms with van der Waals surface area (Å²) in [5, 5.41) is 0. The van der Waals surface area contributed by atoms with Crippen molar-refractivity contribution >= 4 is 15.7 Å². The van der Waals surface area contributed by atoms with E-state index in [1.54, 1.807) is 13.0 Å². The third-order valence-electron chi connectivity index (χ3n) is 3.53. The average molecular weight is 284 g/mol. The molecule has 0 aromatic heterocycles. The van der Waals surface area contributed by atoms with E-state index >= 15 is 0 Å². The van der Waals surface area contributed by atoms with Crippen LogP contribution in [0.25, 0.3) is 0 Å². The van der Waals surface area contributed by atoms with Gasteiger partial charge in [-0.05, 0) is 50.5 Å². The topological polar surface area (TPSA) is 81.4 Å². The minimum atomic E-state index is -3.59. The first kappa shape index (κ1) is 14.3. The number of nitrogens with one attached hydrogen (secondary N) is 1. The number of hydrogen-bond donors (Lipinski definition) is 2. The zero-order chi connectivity index (χ0) is 14.3. The summed E-state index contributed by atoms with van der Waals surface area (Å²) in [6.45, 7) is 6.47. The van der Waals surface area contributed by atoms with Gasteiger partial charge in [0.15, 0.2) is 0 Å². The quantitative estimate of drug-likeness (QED) is 0.821. The number of anilines is 1. The van der Waals surface area contributed by atoms with Crippen LogP contribution in [0.4, 0.5) is 5.69 Å². The smallest absolute Gasteiger partial charge is 0.241 e. The summed E-state index contributed by atoms with van der Waals surface area (Å²) >= 11 is 0. The highest BCUT2D eigenvalue weighted by atomic mass is 32.2. The Labute approximate surface area is 114 Å². The third kappa shape index (κ3) is 2.91. The second-order valence-electron chi connectivity index (χ2n) is 5.43. The molecule has 1 atom stereocenters. The number of sulfonamides is 1. The van der Waals surface area contributed by atoms with E-state index < -0.39 is 15.6 Å². The van der Waals surface area contributed by atoms with Gasteiger partial charge in [-0.2, -0.15) is 0 Å². The molecule has 3 N–H and O–H groups in total. The van der Waals surface area contributed by atoms with E-state index in [0.717, 1.165) is 11.1 Å². The van der Waals surface area contributed by atoms with Gasteiger partial charge in [0.1, 0.15) is 0 Å². The maximum Gasteiger partial charge on any atom is 0.241 e. The van der Waals surface area contributed by atoms with Crippen LogP contribution in [-0.4, -0.2) is 27.2 Å².